The summed E-state index contributed by atoms with van der Waals surface area (Å²) in [6.45, 7) is 0.217. The van der Waals surface area contributed by atoms with Crippen LogP contribution in [0.15, 0.2) is 66.7 Å². The van der Waals surface area contributed by atoms with Crippen LogP contribution in [0.4, 0.5) is 5.69 Å². The highest BCUT2D eigenvalue weighted by Gasteiger charge is 2.51. The molecule has 0 spiro atoms. The van der Waals surface area contributed by atoms with Crippen molar-refractivity contribution in [3.8, 4) is 22.6 Å². The van der Waals surface area contributed by atoms with Gasteiger partial charge in [0.25, 0.3) is 5.91 Å². The Hall–Kier alpha value is -3.80. The van der Waals surface area contributed by atoms with Crippen LogP contribution in [0.1, 0.15) is 28.8 Å². The number of benzene rings is 3. The van der Waals surface area contributed by atoms with E-state index in [1.54, 1.807) is 19.2 Å². The molecule has 31 heavy (non-hydrogen) atoms. The Bertz CT molecular complexity index is 1170. The van der Waals surface area contributed by atoms with E-state index in [1.807, 2.05) is 54.6 Å². The van der Waals surface area contributed by atoms with Crippen LogP contribution >= 0.6 is 0 Å². The minimum atomic E-state index is -0.522. The van der Waals surface area contributed by atoms with Crippen LogP contribution in [-0.4, -0.2) is 25.7 Å². The number of fused-ring (bicyclic) bond motifs is 1. The first-order chi connectivity index (χ1) is 15.1. The number of hydrogen-bond donors (Lipinski definition) is 2. The number of amides is 2. The number of ether oxygens (including phenoxy) is 2. The van der Waals surface area contributed by atoms with Gasteiger partial charge in [-0.05, 0) is 65.9 Å². The molecular formula is C25H22N2O4. The van der Waals surface area contributed by atoms with Gasteiger partial charge >= 0.3 is 0 Å². The van der Waals surface area contributed by atoms with Crippen molar-refractivity contribution >= 4 is 17.5 Å². The van der Waals surface area contributed by atoms with Gasteiger partial charge in [-0.15, -0.1) is 0 Å². The molecule has 0 aromatic heterocycles. The standard InChI is InChI=1S/C25H22N2O4/c1-26-23(28)17-7-5-16(6-8-17)18-3-2-4-20(13-18)27-24(29)25(11-12-25)19-9-10-21-22(14-19)31-15-30-21/h2-10,13-14H,11-12,15H2,1H3,(H,26,28)(H,27,29). The van der Waals surface area contributed by atoms with E-state index in [0.29, 0.717) is 11.3 Å². The first-order valence-corrected chi connectivity index (χ1v) is 10.2. The lowest BCUT2D eigenvalue weighted by Crippen LogP contribution is -2.27. The Balaban J connectivity index is 1.35. The molecule has 3 aromatic carbocycles. The average Bonchev–Trinajstić information content (AvgIpc) is 3.49. The van der Waals surface area contributed by atoms with Crippen LogP contribution < -0.4 is 20.1 Å². The van der Waals surface area contributed by atoms with Crippen molar-refractivity contribution < 1.29 is 19.1 Å². The Labute approximate surface area is 180 Å². The highest BCUT2D eigenvalue weighted by Crippen LogP contribution is 2.51. The van der Waals surface area contributed by atoms with E-state index < -0.39 is 5.41 Å². The van der Waals surface area contributed by atoms with E-state index in [2.05, 4.69) is 10.6 Å². The molecule has 6 nitrogen and oxygen atoms in total. The molecule has 1 heterocycles. The maximum Gasteiger partial charge on any atom is 0.251 e. The number of anilines is 1. The third kappa shape index (κ3) is 3.50. The molecule has 0 atom stereocenters. The zero-order valence-corrected chi connectivity index (χ0v) is 17.1. The summed E-state index contributed by atoms with van der Waals surface area (Å²) in [5.41, 5.74) is 3.72. The molecule has 5 rings (SSSR count). The zero-order chi connectivity index (χ0) is 21.4. The van der Waals surface area contributed by atoms with E-state index in [4.69, 9.17) is 9.47 Å². The van der Waals surface area contributed by atoms with Gasteiger partial charge in [0.05, 0.1) is 5.41 Å². The number of hydrogen-bond acceptors (Lipinski definition) is 4. The minimum absolute atomic E-state index is 0.0153. The molecule has 0 saturated heterocycles. The lowest BCUT2D eigenvalue weighted by atomic mass is 9.94. The first kappa shape index (κ1) is 19.2. The lowest BCUT2D eigenvalue weighted by Gasteiger charge is -2.17. The summed E-state index contributed by atoms with van der Waals surface area (Å²) < 4.78 is 10.9. The van der Waals surface area contributed by atoms with Crippen LogP contribution in [0.25, 0.3) is 11.1 Å². The van der Waals surface area contributed by atoms with Gasteiger partial charge < -0.3 is 20.1 Å². The SMILES string of the molecule is CNC(=O)c1ccc(-c2cccc(NC(=O)C3(c4ccc5c(c4)OCO5)CC3)c2)cc1. The van der Waals surface area contributed by atoms with Gasteiger partial charge in [-0.2, -0.15) is 0 Å². The molecule has 1 saturated carbocycles. The van der Waals surface area contributed by atoms with Gasteiger partial charge in [-0.25, -0.2) is 0 Å². The monoisotopic (exact) mass is 414 g/mol. The fourth-order valence-corrected chi connectivity index (χ4v) is 3.95. The summed E-state index contributed by atoms with van der Waals surface area (Å²) in [7, 11) is 1.61. The van der Waals surface area contributed by atoms with E-state index in [0.717, 1.165) is 41.0 Å². The third-order valence-electron chi connectivity index (χ3n) is 5.94. The summed E-state index contributed by atoms with van der Waals surface area (Å²) in [6, 6.07) is 20.8. The maximum absolute atomic E-state index is 13.2. The largest absolute Gasteiger partial charge is 0.454 e. The van der Waals surface area contributed by atoms with Crippen molar-refractivity contribution in [2.75, 3.05) is 19.2 Å². The zero-order valence-electron chi connectivity index (χ0n) is 17.1. The molecular weight excluding hydrogens is 392 g/mol. The Morgan fingerprint density at radius 3 is 2.39 bits per heavy atom. The second-order valence-electron chi connectivity index (χ2n) is 7.84. The highest BCUT2D eigenvalue weighted by molar-refractivity contribution is 6.02. The molecule has 6 heteroatoms. The van der Waals surface area contributed by atoms with Crippen molar-refractivity contribution in [2.45, 2.75) is 18.3 Å². The smallest absolute Gasteiger partial charge is 0.251 e. The number of rotatable bonds is 5. The lowest BCUT2D eigenvalue weighted by molar-refractivity contribution is -0.118. The predicted octanol–water partition coefficient (Wildman–Crippen LogP) is 4.11. The van der Waals surface area contributed by atoms with Crippen LogP contribution in [0.2, 0.25) is 0 Å². The topological polar surface area (TPSA) is 76.7 Å². The molecule has 0 unspecified atom stereocenters. The van der Waals surface area contributed by atoms with E-state index in [9.17, 15) is 9.59 Å². The fourth-order valence-electron chi connectivity index (χ4n) is 3.95. The Kier molecular flexibility index (Phi) is 4.62. The second-order valence-corrected chi connectivity index (χ2v) is 7.84. The number of nitrogens with one attached hydrogen (secondary N) is 2. The normalized spacial score (nSPS) is 15.3. The van der Waals surface area contributed by atoms with Crippen molar-refractivity contribution in [3.05, 3.63) is 77.9 Å². The van der Waals surface area contributed by atoms with Crippen LogP contribution in [0.5, 0.6) is 11.5 Å². The van der Waals surface area contributed by atoms with E-state index >= 15 is 0 Å². The fraction of sp³-hybridized carbons (Fsp3) is 0.200. The van der Waals surface area contributed by atoms with Gasteiger partial charge in [0, 0.05) is 18.3 Å². The van der Waals surface area contributed by atoms with Crippen molar-refractivity contribution in [3.63, 3.8) is 0 Å². The Morgan fingerprint density at radius 1 is 0.871 bits per heavy atom. The molecule has 2 amide bonds. The van der Waals surface area contributed by atoms with Gasteiger partial charge in [0.1, 0.15) is 0 Å². The first-order valence-electron chi connectivity index (χ1n) is 10.2. The number of carbonyl (C=O) groups is 2. The molecule has 1 fully saturated rings. The summed E-state index contributed by atoms with van der Waals surface area (Å²) in [6.07, 6.45) is 1.61. The molecule has 0 radical (unpaired) electrons. The molecule has 2 aliphatic rings. The molecule has 0 bridgehead atoms. The quantitative estimate of drug-likeness (QED) is 0.659. The van der Waals surface area contributed by atoms with Gasteiger partial charge in [0.2, 0.25) is 12.7 Å². The van der Waals surface area contributed by atoms with Crippen molar-refractivity contribution in [1.29, 1.82) is 0 Å². The van der Waals surface area contributed by atoms with E-state index in [1.165, 1.54) is 0 Å². The van der Waals surface area contributed by atoms with Crippen LogP contribution in [-0.2, 0) is 10.2 Å². The second kappa shape index (κ2) is 7.47. The molecule has 3 aromatic rings. The van der Waals surface area contributed by atoms with E-state index in [-0.39, 0.29) is 18.6 Å². The van der Waals surface area contributed by atoms with Gasteiger partial charge in [0.15, 0.2) is 11.5 Å². The van der Waals surface area contributed by atoms with Crippen LogP contribution in [0, 0.1) is 0 Å². The molecule has 1 aliphatic heterocycles. The summed E-state index contributed by atoms with van der Waals surface area (Å²) in [5.74, 6) is 1.28. The van der Waals surface area contributed by atoms with Gasteiger partial charge in [-0.1, -0.05) is 30.3 Å². The molecule has 2 N–H and O–H groups in total. The van der Waals surface area contributed by atoms with Gasteiger partial charge in [-0.3, -0.25) is 9.59 Å². The van der Waals surface area contributed by atoms with Crippen molar-refractivity contribution in [1.82, 2.24) is 5.32 Å². The van der Waals surface area contributed by atoms with Crippen molar-refractivity contribution in [2.24, 2.45) is 0 Å². The predicted molar refractivity (Wildman–Crippen MR) is 117 cm³/mol. The summed E-state index contributed by atoms with van der Waals surface area (Å²) in [4.78, 5) is 24.9. The third-order valence-corrected chi connectivity index (χ3v) is 5.94. The highest BCUT2D eigenvalue weighted by atomic mass is 16.7. The maximum atomic E-state index is 13.2. The summed E-state index contributed by atoms with van der Waals surface area (Å²) >= 11 is 0. The summed E-state index contributed by atoms with van der Waals surface area (Å²) in [5, 5.41) is 5.70. The molecule has 1 aliphatic carbocycles. The Morgan fingerprint density at radius 2 is 1.65 bits per heavy atom. The minimum Gasteiger partial charge on any atom is -0.454 e. The number of carbonyl (C=O) groups excluding carboxylic acids is 2. The van der Waals surface area contributed by atoms with Crippen LogP contribution in [0.3, 0.4) is 0 Å². The average molecular weight is 414 g/mol. The molecule has 156 valence electrons.